The molecule has 0 bridgehead atoms. The van der Waals surface area contributed by atoms with Gasteiger partial charge in [-0.1, -0.05) is 11.6 Å². The highest BCUT2D eigenvalue weighted by Crippen LogP contribution is 2.26. The van der Waals surface area contributed by atoms with Crippen LogP contribution in [0.25, 0.3) is 11.6 Å². The van der Waals surface area contributed by atoms with Gasteiger partial charge >= 0.3 is 0 Å². The van der Waals surface area contributed by atoms with Gasteiger partial charge in [0.25, 0.3) is 0 Å². The minimum atomic E-state index is 0.288. The maximum Gasteiger partial charge on any atom is 0.197 e. The summed E-state index contributed by atoms with van der Waals surface area (Å²) in [5.41, 5.74) is 0.684. The Kier molecular flexibility index (Phi) is 2.55. The fourth-order valence-corrected chi connectivity index (χ4v) is 1.55. The Hall–Kier alpha value is -1.62. The molecule has 2 aromatic rings. The van der Waals surface area contributed by atoms with Gasteiger partial charge in [0.1, 0.15) is 0 Å². The van der Waals surface area contributed by atoms with Gasteiger partial charge in [0, 0.05) is 12.4 Å². The number of methoxy groups -OCH3 is 1. The normalized spacial score (nSPS) is 10.3. The Balaban J connectivity index is 2.53. The maximum absolute atomic E-state index is 5.93. The van der Waals surface area contributed by atoms with Gasteiger partial charge in [0.05, 0.1) is 12.8 Å². The zero-order valence-corrected chi connectivity index (χ0v) is 9.04. The average Bonchev–Trinajstić information content (AvgIpc) is 2.69. The first-order valence-corrected chi connectivity index (χ1v) is 4.68. The third-order valence-electron chi connectivity index (χ3n) is 1.91. The number of aromatic nitrogens is 4. The monoisotopic (exact) mass is 224 g/mol. The van der Waals surface area contributed by atoms with Crippen molar-refractivity contribution in [2.75, 3.05) is 7.11 Å². The molecule has 0 unspecified atom stereocenters. The van der Waals surface area contributed by atoms with E-state index in [4.69, 9.17) is 16.3 Å². The summed E-state index contributed by atoms with van der Waals surface area (Å²) in [5, 5.41) is 0.288. The Morgan fingerprint density at radius 1 is 1.40 bits per heavy atom. The molecule has 15 heavy (non-hydrogen) atoms. The summed E-state index contributed by atoms with van der Waals surface area (Å²) >= 11 is 5.93. The number of hydrogen-bond donors (Lipinski definition) is 1. The van der Waals surface area contributed by atoms with E-state index in [0.717, 1.165) is 0 Å². The molecule has 0 saturated carbocycles. The number of imidazole rings is 1. The van der Waals surface area contributed by atoms with Crippen molar-refractivity contribution in [1.29, 1.82) is 0 Å². The molecule has 0 fully saturated rings. The van der Waals surface area contributed by atoms with Gasteiger partial charge in [-0.05, 0) is 6.92 Å². The molecule has 2 rings (SSSR count). The number of ether oxygens (including phenoxy) is 1. The molecule has 78 valence electrons. The Morgan fingerprint density at radius 2 is 2.20 bits per heavy atom. The second-order valence-electron chi connectivity index (χ2n) is 2.89. The maximum atomic E-state index is 5.93. The van der Waals surface area contributed by atoms with Crippen molar-refractivity contribution < 1.29 is 4.74 Å². The molecule has 2 aromatic heterocycles. The predicted octanol–water partition coefficient (Wildman–Crippen LogP) is 1.84. The lowest BCUT2D eigenvalue weighted by Crippen LogP contribution is -1.98. The van der Waals surface area contributed by atoms with Crippen LogP contribution >= 0.6 is 11.6 Å². The predicted molar refractivity (Wildman–Crippen MR) is 55.9 cm³/mol. The quantitative estimate of drug-likeness (QED) is 0.791. The number of aromatic amines is 1. The Labute approximate surface area is 91.5 Å². The first-order chi connectivity index (χ1) is 7.22. The Bertz CT molecular complexity index is 446. The summed E-state index contributed by atoms with van der Waals surface area (Å²) in [4.78, 5) is 15.3. The molecule has 0 aliphatic carbocycles. The first kappa shape index (κ1) is 9.92. The van der Waals surface area contributed by atoms with Crippen LogP contribution in [0, 0.1) is 6.92 Å². The number of rotatable bonds is 2. The van der Waals surface area contributed by atoms with Gasteiger partial charge in [-0.15, -0.1) is 0 Å². The zero-order chi connectivity index (χ0) is 10.8. The summed E-state index contributed by atoms with van der Waals surface area (Å²) in [5.74, 6) is 1.54. The molecule has 2 heterocycles. The molecule has 0 aliphatic rings. The van der Waals surface area contributed by atoms with Crippen LogP contribution in [-0.4, -0.2) is 27.0 Å². The molecule has 0 atom stereocenters. The van der Waals surface area contributed by atoms with Crippen LogP contribution in [0.4, 0.5) is 0 Å². The Morgan fingerprint density at radius 3 is 2.73 bits per heavy atom. The van der Waals surface area contributed by atoms with E-state index in [-0.39, 0.29) is 5.15 Å². The molecule has 0 amide bonds. The van der Waals surface area contributed by atoms with E-state index in [9.17, 15) is 0 Å². The lowest BCUT2D eigenvalue weighted by atomic mass is 10.4. The van der Waals surface area contributed by atoms with Gasteiger partial charge in [0.15, 0.2) is 22.6 Å². The van der Waals surface area contributed by atoms with Crippen LogP contribution < -0.4 is 4.74 Å². The molecule has 1 N–H and O–H groups in total. The van der Waals surface area contributed by atoms with Gasteiger partial charge in [-0.2, -0.15) is 0 Å². The smallest absolute Gasteiger partial charge is 0.197 e. The summed E-state index contributed by atoms with van der Waals surface area (Å²) < 4.78 is 5.06. The van der Waals surface area contributed by atoms with Crippen molar-refractivity contribution >= 4 is 11.6 Å². The topological polar surface area (TPSA) is 63.7 Å². The lowest BCUT2D eigenvalue weighted by Gasteiger charge is -2.06. The SMILES string of the molecule is COc1c(C)nc(-c2ncc[nH]2)nc1Cl. The summed E-state index contributed by atoms with van der Waals surface area (Å²) in [7, 11) is 1.53. The van der Waals surface area contributed by atoms with E-state index in [1.165, 1.54) is 7.11 Å². The van der Waals surface area contributed by atoms with Crippen molar-refractivity contribution in [1.82, 2.24) is 19.9 Å². The number of H-pyrrole nitrogens is 1. The number of aryl methyl sites for hydroxylation is 1. The number of nitrogens with one attached hydrogen (secondary N) is 1. The van der Waals surface area contributed by atoms with Crippen LogP contribution in [0.2, 0.25) is 5.15 Å². The lowest BCUT2D eigenvalue weighted by molar-refractivity contribution is 0.407. The largest absolute Gasteiger partial charge is 0.492 e. The molecule has 0 aromatic carbocycles. The van der Waals surface area contributed by atoms with Gasteiger partial charge < -0.3 is 9.72 Å². The standard InChI is InChI=1S/C9H9ClN4O/c1-5-6(15-2)7(10)14-9(13-5)8-11-3-4-12-8/h3-4H,1-2H3,(H,11,12). The van der Waals surface area contributed by atoms with Crippen LogP contribution in [0.5, 0.6) is 5.75 Å². The van der Waals surface area contributed by atoms with Crippen LogP contribution in [0.1, 0.15) is 5.69 Å². The highest BCUT2D eigenvalue weighted by atomic mass is 35.5. The van der Waals surface area contributed by atoms with E-state index in [2.05, 4.69) is 19.9 Å². The van der Waals surface area contributed by atoms with Crippen LogP contribution in [0.3, 0.4) is 0 Å². The first-order valence-electron chi connectivity index (χ1n) is 4.30. The average molecular weight is 225 g/mol. The molecule has 5 nitrogen and oxygen atoms in total. The minimum absolute atomic E-state index is 0.288. The number of nitrogens with zero attached hydrogens (tertiary/aromatic N) is 3. The zero-order valence-electron chi connectivity index (χ0n) is 8.28. The third-order valence-corrected chi connectivity index (χ3v) is 2.16. The van der Waals surface area contributed by atoms with Crippen LogP contribution in [-0.2, 0) is 0 Å². The van der Waals surface area contributed by atoms with Crippen molar-refractivity contribution in [3.63, 3.8) is 0 Å². The molecule has 0 radical (unpaired) electrons. The highest BCUT2D eigenvalue weighted by molar-refractivity contribution is 6.31. The van der Waals surface area contributed by atoms with Crippen molar-refractivity contribution in [3.05, 3.63) is 23.2 Å². The summed E-state index contributed by atoms with van der Waals surface area (Å²) in [6.07, 6.45) is 3.33. The minimum Gasteiger partial charge on any atom is -0.492 e. The van der Waals surface area contributed by atoms with E-state index >= 15 is 0 Å². The van der Waals surface area contributed by atoms with Gasteiger partial charge in [-0.25, -0.2) is 15.0 Å². The number of halogens is 1. The van der Waals surface area contributed by atoms with Crippen LogP contribution in [0.15, 0.2) is 12.4 Å². The second-order valence-corrected chi connectivity index (χ2v) is 3.25. The van der Waals surface area contributed by atoms with Crippen molar-refractivity contribution in [2.45, 2.75) is 6.92 Å². The summed E-state index contributed by atoms with van der Waals surface area (Å²) in [6, 6.07) is 0. The van der Waals surface area contributed by atoms with Gasteiger partial charge in [0.2, 0.25) is 0 Å². The highest BCUT2D eigenvalue weighted by Gasteiger charge is 2.12. The van der Waals surface area contributed by atoms with Gasteiger partial charge in [-0.3, -0.25) is 0 Å². The van der Waals surface area contributed by atoms with E-state index in [0.29, 0.717) is 23.1 Å². The molecular weight excluding hydrogens is 216 g/mol. The van der Waals surface area contributed by atoms with E-state index in [1.54, 1.807) is 19.3 Å². The second kappa shape index (κ2) is 3.86. The molecule has 6 heteroatoms. The molecule has 0 aliphatic heterocycles. The fourth-order valence-electron chi connectivity index (χ4n) is 1.25. The third kappa shape index (κ3) is 1.78. The molecule has 0 spiro atoms. The van der Waals surface area contributed by atoms with Crippen molar-refractivity contribution in [3.8, 4) is 17.4 Å². The summed E-state index contributed by atoms with van der Waals surface area (Å²) in [6.45, 7) is 1.80. The van der Waals surface area contributed by atoms with E-state index < -0.39 is 0 Å². The molecule has 0 saturated heterocycles. The molecular formula is C9H9ClN4O. The number of hydrogen-bond acceptors (Lipinski definition) is 4. The van der Waals surface area contributed by atoms with E-state index in [1.807, 2.05) is 0 Å². The fraction of sp³-hybridized carbons (Fsp3) is 0.222. The van der Waals surface area contributed by atoms with Crippen molar-refractivity contribution in [2.24, 2.45) is 0 Å².